The van der Waals surface area contributed by atoms with E-state index in [2.05, 4.69) is 4.99 Å². The zero-order chi connectivity index (χ0) is 16.4. The Balaban J connectivity index is 2.61. The molecule has 1 aliphatic rings. The van der Waals surface area contributed by atoms with Gasteiger partial charge < -0.3 is 14.4 Å². The zero-order valence-corrected chi connectivity index (χ0v) is 12.7. The lowest BCUT2D eigenvalue weighted by atomic mass is 9.94. The third-order valence-corrected chi connectivity index (χ3v) is 3.46. The lowest BCUT2D eigenvalue weighted by molar-refractivity contribution is -0.136. The van der Waals surface area contributed by atoms with Crippen molar-refractivity contribution in [2.75, 3.05) is 21.3 Å². The third-order valence-electron chi connectivity index (χ3n) is 3.46. The Labute approximate surface area is 126 Å². The number of aliphatic imine (C=N–C) groups is 1. The minimum Gasteiger partial charge on any atom is -0.468 e. The van der Waals surface area contributed by atoms with Crippen LogP contribution in [0.4, 0.5) is 8.78 Å². The van der Waals surface area contributed by atoms with E-state index in [1.165, 1.54) is 20.3 Å². The van der Waals surface area contributed by atoms with Gasteiger partial charge in [0.25, 0.3) is 6.02 Å². The van der Waals surface area contributed by atoms with Crippen molar-refractivity contribution in [1.82, 2.24) is 4.90 Å². The van der Waals surface area contributed by atoms with Crippen molar-refractivity contribution in [2.45, 2.75) is 13.0 Å². The molecule has 1 aromatic carbocycles. The fraction of sp³-hybridized carbons (Fsp3) is 0.333. The van der Waals surface area contributed by atoms with Crippen LogP contribution in [-0.4, -0.2) is 38.2 Å². The van der Waals surface area contributed by atoms with Gasteiger partial charge in [0.15, 0.2) is 11.6 Å². The first kappa shape index (κ1) is 15.9. The highest BCUT2D eigenvalue weighted by Gasteiger charge is 2.35. The SMILES string of the molecule is COC(=O)C1=C(C)N=C(OC)N(C)C1c1ccc(F)c(F)c1. The molecule has 0 N–H and O–H groups in total. The van der Waals surface area contributed by atoms with Crippen molar-refractivity contribution in [2.24, 2.45) is 4.99 Å². The first-order chi connectivity index (χ1) is 10.4. The molecule has 0 spiro atoms. The summed E-state index contributed by atoms with van der Waals surface area (Å²) in [6.45, 7) is 1.63. The second-order valence-corrected chi connectivity index (χ2v) is 4.78. The Morgan fingerprint density at radius 1 is 1.27 bits per heavy atom. The maximum Gasteiger partial charge on any atom is 0.338 e. The molecule has 2 rings (SSSR count). The normalized spacial score (nSPS) is 18.2. The van der Waals surface area contributed by atoms with Crippen molar-refractivity contribution >= 4 is 12.0 Å². The van der Waals surface area contributed by atoms with E-state index in [4.69, 9.17) is 9.47 Å². The van der Waals surface area contributed by atoms with E-state index < -0.39 is 23.6 Å². The van der Waals surface area contributed by atoms with Gasteiger partial charge in [-0.05, 0) is 24.6 Å². The number of hydrogen-bond donors (Lipinski definition) is 0. The van der Waals surface area contributed by atoms with Gasteiger partial charge in [-0.2, -0.15) is 0 Å². The highest BCUT2D eigenvalue weighted by Crippen LogP contribution is 2.35. The first-order valence-corrected chi connectivity index (χ1v) is 6.50. The summed E-state index contributed by atoms with van der Waals surface area (Å²) in [6.07, 6.45) is 0. The number of hydrogen-bond acceptors (Lipinski definition) is 5. The number of carbonyl (C=O) groups is 1. The van der Waals surface area contributed by atoms with Crippen molar-refractivity contribution in [3.8, 4) is 0 Å². The molecule has 0 radical (unpaired) electrons. The standard InChI is InChI=1S/C15H16F2N2O3/c1-8-12(14(20)21-3)13(19(2)15(18-8)22-4)9-5-6-10(16)11(17)7-9/h5-7,13H,1-4H3. The molecule has 1 heterocycles. The second-order valence-electron chi connectivity index (χ2n) is 4.78. The Morgan fingerprint density at radius 2 is 1.95 bits per heavy atom. The van der Waals surface area contributed by atoms with E-state index >= 15 is 0 Å². The van der Waals surface area contributed by atoms with Gasteiger partial charge in [0, 0.05) is 7.05 Å². The van der Waals surface area contributed by atoms with Crippen LogP contribution in [0, 0.1) is 11.6 Å². The molecule has 0 bridgehead atoms. The fourth-order valence-electron chi connectivity index (χ4n) is 2.42. The summed E-state index contributed by atoms with van der Waals surface area (Å²) in [5.41, 5.74) is 1.04. The van der Waals surface area contributed by atoms with Crippen LogP contribution in [0.15, 0.2) is 34.5 Å². The van der Waals surface area contributed by atoms with Crippen LogP contribution in [0.1, 0.15) is 18.5 Å². The maximum absolute atomic E-state index is 13.6. The van der Waals surface area contributed by atoms with Crippen LogP contribution >= 0.6 is 0 Å². The maximum atomic E-state index is 13.6. The summed E-state index contributed by atoms with van der Waals surface area (Å²) in [6, 6.07) is 3.05. The van der Waals surface area contributed by atoms with Gasteiger partial charge >= 0.3 is 5.97 Å². The van der Waals surface area contributed by atoms with Crippen LogP contribution in [-0.2, 0) is 14.3 Å². The largest absolute Gasteiger partial charge is 0.468 e. The molecule has 0 saturated carbocycles. The number of benzene rings is 1. The highest BCUT2D eigenvalue weighted by molar-refractivity contribution is 5.94. The minimum absolute atomic E-state index is 0.247. The lowest BCUT2D eigenvalue weighted by Crippen LogP contribution is -2.38. The average Bonchev–Trinajstić information content (AvgIpc) is 2.50. The molecular weight excluding hydrogens is 294 g/mol. The minimum atomic E-state index is -0.991. The van der Waals surface area contributed by atoms with Gasteiger partial charge in [0.1, 0.15) is 0 Å². The Bertz CT molecular complexity index is 671. The number of allylic oxidation sites excluding steroid dienone is 1. The molecule has 0 aliphatic carbocycles. The first-order valence-electron chi connectivity index (χ1n) is 6.50. The van der Waals surface area contributed by atoms with Gasteiger partial charge in [0.2, 0.25) is 0 Å². The quantitative estimate of drug-likeness (QED) is 0.787. The molecule has 0 fully saturated rings. The molecule has 1 aliphatic heterocycles. The number of methoxy groups -OCH3 is 2. The molecule has 0 saturated heterocycles. The number of likely N-dealkylation sites (N-methyl/N-ethyl adjacent to an activating group) is 1. The summed E-state index contributed by atoms with van der Waals surface area (Å²) in [5.74, 6) is -2.53. The fourth-order valence-corrected chi connectivity index (χ4v) is 2.42. The number of amidine groups is 1. The smallest absolute Gasteiger partial charge is 0.338 e. The Morgan fingerprint density at radius 3 is 2.50 bits per heavy atom. The third kappa shape index (κ3) is 2.66. The molecule has 0 amide bonds. The van der Waals surface area contributed by atoms with Crippen LogP contribution in [0.25, 0.3) is 0 Å². The summed E-state index contributed by atoms with van der Waals surface area (Å²) >= 11 is 0. The molecule has 7 heteroatoms. The van der Waals surface area contributed by atoms with Crippen molar-refractivity contribution in [1.29, 1.82) is 0 Å². The number of halogens is 2. The number of ether oxygens (including phenoxy) is 2. The predicted molar refractivity (Wildman–Crippen MR) is 76.0 cm³/mol. The van der Waals surface area contributed by atoms with Crippen LogP contribution in [0.2, 0.25) is 0 Å². The molecule has 118 valence electrons. The number of nitrogens with zero attached hydrogens (tertiary/aromatic N) is 2. The van der Waals surface area contributed by atoms with E-state index in [0.717, 1.165) is 12.1 Å². The molecule has 1 atom stereocenters. The Kier molecular flexibility index (Phi) is 4.44. The van der Waals surface area contributed by atoms with Gasteiger partial charge in [0.05, 0.1) is 31.5 Å². The number of rotatable bonds is 2. The van der Waals surface area contributed by atoms with Crippen LogP contribution in [0.3, 0.4) is 0 Å². The second kappa shape index (κ2) is 6.13. The molecule has 1 aromatic rings. The topological polar surface area (TPSA) is 51.1 Å². The van der Waals surface area contributed by atoms with Crippen LogP contribution in [0.5, 0.6) is 0 Å². The number of esters is 1. The lowest BCUT2D eigenvalue weighted by Gasteiger charge is -2.34. The van der Waals surface area contributed by atoms with Gasteiger partial charge in [-0.3, -0.25) is 0 Å². The molecular formula is C15H16F2N2O3. The van der Waals surface area contributed by atoms with Crippen molar-refractivity contribution in [3.05, 3.63) is 46.7 Å². The van der Waals surface area contributed by atoms with E-state index in [1.807, 2.05) is 0 Å². The summed E-state index contributed by atoms with van der Waals surface area (Å²) in [7, 11) is 4.33. The summed E-state index contributed by atoms with van der Waals surface area (Å²) < 4.78 is 36.7. The molecule has 22 heavy (non-hydrogen) atoms. The van der Waals surface area contributed by atoms with E-state index in [-0.39, 0.29) is 11.6 Å². The Hall–Kier alpha value is -2.44. The summed E-state index contributed by atoms with van der Waals surface area (Å²) in [5, 5.41) is 0. The molecule has 1 unspecified atom stereocenters. The van der Waals surface area contributed by atoms with Crippen molar-refractivity contribution < 1.29 is 23.0 Å². The van der Waals surface area contributed by atoms with E-state index in [9.17, 15) is 13.6 Å². The zero-order valence-electron chi connectivity index (χ0n) is 12.7. The van der Waals surface area contributed by atoms with E-state index in [0.29, 0.717) is 11.3 Å². The monoisotopic (exact) mass is 310 g/mol. The van der Waals surface area contributed by atoms with Gasteiger partial charge in [-0.25, -0.2) is 18.6 Å². The predicted octanol–water partition coefficient (Wildman–Crippen LogP) is 2.40. The average molecular weight is 310 g/mol. The van der Waals surface area contributed by atoms with Gasteiger partial charge in [-0.15, -0.1) is 0 Å². The van der Waals surface area contributed by atoms with Crippen molar-refractivity contribution in [3.63, 3.8) is 0 Å². The summed E-state index contributed by atoms with van der Waals surface area (Å²) in [4.78, 5) is 17.8. The molecule has 5 nitrogen and oxygen atoms in total. The van der Waals surface area contributed by atoms with Crippen LogP contribution < -0.4 is 0 Å². The highest BCUT2D eigenvalue weighted by atomic mass is 19.2. The molecule has 0 aromatic heterocycles. The number of carbonyl (C=O) groups excluding carboxylic acids is 1. The van der Waals surface area contributed by atoms with Gasteiger partial charge in [-0.1, -0.05) is 6.07 Å². The van der Waals surface area contributed by atoms with E-state index in [1.54, 1.807) is 18.9 Å².